The number of hydrogen-bond acceptors (Lipinski definition) is 4. The fourth-order valence-electron chi connectivity index (χ4n) is 2.57. The number of nitrogens with zero attached hydrogens (tertiary/aromatic N) is 1. The summed E-state index contributed by atoms with van der Waals surface area (Å²) >= 11 is 5.88. The summed E-state index contributed by atoms with van der Waals surface area (Å²) in [5.41, 5.74) is 1.33. The quantitative estimate of drug-likeness (QED) is 0.632. The van der Waals surface area contributed by atoms with E-state index in [0.29, 0.717) is 16.1 Å². The van der Waals surface area contributed by atoms with Gasteiger partial charge in [0.15, 0.2) is 0 Å². The fourth-order valence-corrected chi connectivity index (χ4v) is 2.78. The minimum Gasteiger partial charge on any atom is -0.459 e. The largest absolute Gasteiger partial charge is 0.459 e. The van der Waals surface area contributed by atoms with Gasteiger partial charge in [-0.1, -0.05) is 35.9 Å². The molecule has 1 atom stereocenters. The van der Waals surface area contributed by atoms with Crippen molar-refractivity contribution in [2.75, 3.05) is 0 Å². The number of ether oxygens (including phenoxy) is 1. The van der Waals surface area contributed by atoms with E-state index >= 15 is 0 Å². The molecule has 5 nitrogen and oxygen atoms in total. The number of carbonyl (C=O) groups excluding carboxylic acids is 3. The highest BCUT2D eigenvalue weighted by atomic mass is 35.5. The molecule has 1 aliphatic rings. The lowest BCUT2D eigenvalue weighted by molar-refractivity contribution is -0.149. The Kier molecular flexibility index (Phi) is 4.36. The zero-order valence-corrected chi connectivity index (χ0v) is 13.6. The summed E-state index contributed by atoms with van der Waals surface area (Å²) in [6, 6.07) is 12.4. The highest BCUT2D eigenvalue weighted by Crippen LogP contribution is 2.25. The summed E-state index contributed by atoms with van der Waals surface area (Å²) in [5.74, 6) is -1.62. The molecule has 1 heterocycles. The molecule has 2 aromatic carbocycles. The van der Waals surface area contributed by atoms with E-state index < -0.39 is 23.8 Å². The standard InChI is InChI=1S/C18H14ClNO4/c1-11(18(23)24-10-12-5-4-6-13(19)9-12)20-16(21)14-7-2-3-8-15(14)17(20)22/h2-9,11H,10H2,1H3. The van der Waals surface area contributed by atoms with Gasteiger partial charge in [0.25, 0.3) is 11.8 Å². The van der Waals surface area contributed by atoms with Crippen molar-refractivity contribution in [2.45, 2.75) is 19.6 Å². The number of benzene rings is 2. The number of hydrogen-bond donors (Lipinski definition) is 0. The van der Waals surface area contributed by atoms with E-state index in [1.165, 1.54) is 6.92 Å². The number of halogens is 1. The summed E-state index contributed by atoms with van der Waals surface area (Å²) in [6.07, 6.45) is 0. The molecule has 0 radical (unpaired) electrons. The highest BCUT2D eigenvalue weighted by molar-refractivity contribution is 6.30. The van der Waals surface area contributed by atoms with Gasteiger partial charge in [-0.3, -0.25) is 14.5 Å². The molecule has 0 saturated heterocycles. The Hall–Kier alpha value is -2.66. The Labute approximate surface area is 143 Å². The van der Waals surface area contributed by atoms with E-state index in [-0.39, 0.29) is 6.61 Å². The topological polar surface area (TPSA) is 63.7 Å². The zero-order chi connectivity index (χ0) is 17.3. The van der Waals surface area contributed by atoms with Crippen molar-refractivity contribution >= 4 is 29.4 Å². The average molecular weight is 344 g/mol. The van der Waals surface area contributed by atoms with Crippen LogP contribution in [-0.4, -0.2) is 28.7 Å². The number of carbonyl (C=O) groups is 3. The predicted molar refractivity (Wildman–Crippen MR) is 87.7 cm³/mol. The number of esters is 1. The maximum atomic E-state index is 12.4. The summed E-state index contributed by atoms with van der Waals surface area (Å²) in [6.45, 7) is 1.49. The van der Waals surface area contributed by atoms with Crippen LogP contribution >= 0.6 is 11.6 Å². The molecule has 0 aliphatic carbocycles. The monoisotopic (exact) mass is 343 g/mol. The normalized spacial score (nSPS) is 14.5. The predicted octanol–water partition coefficient (Wildman–Crippen LogP) is 3.07. The Morgan fingerprint density at radius 3 is 2.29 bits per heavy atom. The summed E-state index contributed by atoms with van der Waals surface area (Å²) in [7, 11) is 0. The maximum absolute atomic E-state index is 12.4. The molecule has 0 saturated carbocycles. The maximum Gasteiger partial charge on any atom is 0.329 e. The second-order valence-corrected chi connectivity index (χ2v) is 5.88. The van der Waals surface area contributed by atoms with E-state index in [4.69, 9.17) is 16.3 Å². The van der Waals surface area contributed by atoms with Gasteiger partial charge in [-0.15, -0.1) is 0 Å². The Balaban J connectivity index is 1.70. The molecular formula is C18H14ClNO4. The summed E-state index contributed by atoms with van der Waals surface area (Å²) < 4.78 is 5.21. The van der Waals surface area contributed by atoms with Crippen LogP contribution in [0.25, 0.3) is 0 Å². The fraction of sp³-hybridized carbons (Fsp3) is 0.167. The van der Waals surface area contributed by atoms with E-state index in [1.807, 2.05) is 0 Å². The average Bonchev–Trinajstić information content (AvgIpc) is 2.84. The smallest absolute Gasteiger partial charge is 0.329 e. The van der Waals surface area contributed by atoms with Crippen LogP contribution in [0.5, 0.6) is 0 Å². The minimum atomic E-state index is -1.00. The molecule has 122 valence electrons. The van der Waals surface area contributed by atoms with E-state index in [9.17, 15) is 14.4 Å². The SMILES string of the molecule is CC(C(=O)OCc1cccc(Cl)c1)N1C(=O)c2ccccc2C1=O. The molecule has 3 rings (SSSR count). The van der Waals surface area contributed by atoms with Gasteiger partial charge in [0.1, 0.15) is 12.6 Å². The molecule has 0 fully saturated rings. The molecule has 1 aliphatic heterocycles. The Bertz CT molecular complexity index is 798. The van der Waals surface area contributed by atoms with E-state index in [2.05, 4.69) is 0 Å². The first-order valence-electron chi connectivity index (χ1n) is 7.37. The van der Waals surface area contributed by atoms with Crippen molar-refractivity contribution in [3.8, 4) is 0 Å². The third-order valence-electron chi connectivity index (χ3n) is 3.82. The number of fused-ring (bicyclic) bond motifs is 1. The van der Waals surface area contributed by atoms with Crippen LogP contribution in [0, 0.1) is 0 Å². The van der Waals surface area contributed by atoms with Crippen LogP contribution in [0.15, 0.2) is 48.5 Å². The Morgan fingerprint density at radius 1 is 1.08 bits per heavy atom. The van der Waals surface area contributed by atoms with Crippen LogP contribution < -0.4 is 0 Å². The summed E-state index contributed by atoms with van der Waals surface area (Å²) in [5, 5.41) is 0.539. The molecule has 1 unspecified atom stereocenters. The van der Waals surface area contributed by atoms with Gasteiger partial charge in [-0.2, -0.15) is 0 Å². The van der Waals surface area contributed by atoms with Gasteiger partial charge in [-0.25, -0.2) is 4.79 Å². The van der Waals surface area contributed by atoms with Gasteiger partial charge >= 0.3 is 5.97 Å². The van der Waals surface area contributed by atoms with Crippen LogP contribution in [0.2, 0.25) is 5.02 Å². The third kappa shape index (κ3) is 2.90. The van der Waals surface area contributed by atoms with Gasteiger partial charge < -0.3 is 4.74 Å². The lowest BCUT2D eigenvalue weighted by Gasteiger charge is -2.20. The lowest BCUT2D eigenvalue weighted by Crippen LogP contribution is -2.43. The van der Waals surface area contributed by atoms with E-state index in [0.717, 1.165) is 10.5 Å². The first-order valence-corrected chi connectivity index (χ1v) is 7.75. The molecular weight excluding hydrogens is 330 g/mol. The van der Waals surface area contributed by atoms with Crippen LogP contribution in [0.4, 0.5) is 0 Å². The van der Waals surface area contributed by atoms with Gasteiger partial charge in [0.05, 0.1) is 11.1 Å². The summed E-state index contributed by atoms with van der Waals surface area (Å²) in [4.78, 5) is 37.9. The molecule has 0 N–H and O–H groups in total. The van der Waals surface area contributed by atoms with Gasteiger partial charge in [-0.05, 0) is 36.8 Å². The molecule has 2 amide bonds. The third-order valence-corrected chi connectivity index (χ3v) is 4.06. The highest BCUT2D eigenvalue weighted by Gasteiger charge is 2.41. The Morgan fingerprint density at radius 2 is 1.71 bits per heavy atom. The molecule has 0 bridgehead atoms. The van der Waals surface area contributed by atoms with Crippen LogP contribution in [0.3, 0.4) is 0 Å². The number of rotatable bonds is 4. The van der Waals surface area contributed by atoms with Crippen molar-refractivity contribution in [3.63, 3.8) is 0 Å². The molecule has 0 spiro atoms. The first-order chi connectivity index (χ1) is 11.5. The first kappa shape index (κ1) is 16.2. The van der Waals surface area contributed by atoms with Gasteiger partial charge in [0.2, 0.25) is 0 Å². The van der Waals surface area contributed by atoms with Crippen molar-refractivity contribution in [3.05, 3.63) is 70.2 Å². The minimum absolute atomic E-state index is 0.0207. The molecule has 0 aromatic heterocycles. The number of amides is 2. The van der Waals surface area contributed by atoms with Gasteiger partial charge in [0, 0.05) is 5.02 Å². The van der Waals surface area contributed by atoms with Crippen molar-refractivity contribution < 1.29 is 19.1 Å². The second-order valence-electron chi connectivity index (χ2n) is 5.44. The molecule has 2 aromatic rings. The van der Waals surface area contributed by atoms with Crippen molar-refractivity contribution in [1.29, 1.82) is 0 Å². The molecule has 6 heteroatoms. The lowest BCUT2D eigenvalue weighted by atomic mass is 10.1. The van der Waals surface area contributed by atoms with Crippen LogP contribution in [0.1, 0.15) is 33.2 Å². The van der Waals surface area contributed by atoms with Crippen molar-refractivity contribution in [2.24, 2.45) is 0 Å². The number of imide groups is 1. The van der Waals surface area contributed by atoms with E-state index in [1.54, 1.807) is 48.5 Å². The zero-order valence-electron chi connectivity index (χ0n) is 12.9. The van der Waals surface area contributed by atoms with Crippen molar-refractivity contribution in [1.82, 2.24) is 4.90 Å². The second kappa shape index (κ2) is 6.45. The molecule has 24 heavy (non-hydrogen) atoms. The van der Waals surface area contributed by atoms with Crippen LogP contribution in [-0.2, 0) is 16.1 Å².